The summed E-state index contributed by atoms with van der Waals surface area (Å²) in [5.74, 6) is -2.01. The summed E-state index contributed by atoms with van der Waals surface area (Å²) in [4.78, 5) is 46.2. The van der Waals surface area contributed by atoms with Crippen molar-refractivity contribution in [3.8, 4) is 0 Å². The highest BCUT2D eigenvalue weighted by atomic mass is 16.6. The van der Waals surface area contributed by atoms with Crippen molar-refractivity contribution in [2.75, 3.05) is 18.5 Å². The second-order valence-corrected chi connectivity index (χ2v) is 6.23. The summed E-state index contributed by atoms with van der Waals surface area (Å²) in [5, 5.41) is 17.5. The number of fused-ring (bicyclic) bond motifs is 1. The van der Waals surface area contributed by atoms with Crippen LogP contribution in [0, 0.1) is 10.1 Å². The fourth-order valence-corrected chi connectivity index (χ4v) is 2.71. The van der Waals surface area contributed by atoms with Crippen molar-refractivity contribution in [3.63, 3.8) is 0 Å². The Hall–Kier alpha value is -4.27. The third kappa shape index (κ3) is 5.16. The Bertz CT molecular complexity index is 1130. The van der Waals surface area contributed by atoms with Crippen LogP contribution in [0.3, 0.4) is 0 Å². The highest BCUT2D eigenvalue weighted by Crippen LogP contribution is 2.22. The number of anilines is 1. The van der Waals surface area contributed by atoms with Gasteiger partial charge in [0.1, 0.15) is 12.2 Å². The van der Waals surface area contributed by atoms with Crippen molar-refractivity contribution in [1.82, 2.24) is 5.32 Å². The molecule has 0 heterocycles. The molecule has 30 heavy (non-hydrogen) atoms. The maximum atomic E-state index is 12.2. The predicted octanol–water partition coefficient (Wildman–Crippen LogP) is 2.66. The number of nitrogens with zero attached hydrogens (tertiary/aromatic N) is 1. The molecule has 0 aliphatic rings. The lowest BCUT2D eigenvalue weighted by atomic mass is 10.1. The number of hydrogen-bond donors (Lipinski definition) is 2. The Morgan fingerprint density at radius 1 is 0.933 bits per heavy atom. The van der Waals surface area contributed by atoms with E-state index in [0.717, 1.165) is 10.8 Å². The number of benzene rings is 3. The van der Waals surface area contributed by atoms with Gasteiger partial charge < -0.3 is 15.4 Å². The average molecular weight is 407 g/mol. The molecule has 0 unspecified atom stereocenters. The first-order valence-corrected chi connectivity index (χ1v) is 8.90. The Balaban J connectivity index is 1.48. The first kappa shape index (κ1) is 20.5. The normalized spacial score (nSPS) is 10.3. The first-order valence-electron chi connectivity index (χ1n) is 8.90. The molecular formula is C21H17N3O6. The Labute approximate surface area is 170 Å². The number of nitrogens with one attached hydrogen (secondary N) is 2. The number of rotatable bonds is 7. The number of para-hydroxylation sites is 2. The van der Waals surface area contributed by atoms with Crippen LogP contribution in [0.1, 0.15) is 10.4 Å². The van der Waals surface area contributed by atoms with E-state index in [9.17, 15) is 24.5 Å². The molecule has 9 heteroatoms. The lowest BCUT2D eigenvalue weighted by Crippen LogP contribution is -2.32. The summed E-state index contributed by atoms with van der Waals surface area (Å²) in [6.07, 6.45) is 0. The summed E-state index contributed by atoms with van der Waals surface area (Å²) in [7, 11) is 0. The van der Waals surface area contributed by atoms with Gasteiger partial charge in [0.05, 0.1) is 4.92 Å². The second kappa shape index (κ2) is 9.28. The van der Waals surface area contributed by atoms with Crippen molar-refractivity contribution in [2.45, 2.75) is 0 Å². The van der Waals surface area contributed by atoms with E-state index in [0.29, 0.717) is 5.56 Å². The zero-order chi connectivity index (χ0) is 21.5. The van der Waals surface area contributed by atoms with Gasteiger partial charge in [-0.3, -0.25) is 24.5 Å². The van der Waals surface area contributed by atoms with Crippen LogP contribution in [0.4, 0.5) is 11.4 Å². The average Bonchev–Trinajstić information content (AvgIpc) is 2.76. The SMILES string of the molecule is O=C(COC(=O)CNC(=O)c1ccc2ccccc2c1)Nc1ccccc1[N+](=O)[O-]. The minimum absolute atomic E-state index is 0.00634. The third-order valence-corrected chi connectivity index (χ3v) is 4.14. The zero-order valence-corrected chi connectivity index (χ0v) is 15.7. The molecule has 0 saturated carbocycles. The smallest absolute Gasteiger partial charge is 0.325 e. The zero-order valence-electron chi connectivity index (χ0n) is 15.7. The Morgan fingerprint density at radius 3 is 2.40 bits per heavy atom. The van der Waals surface area contributed by atoms with Crippen LogP contribution in [0.15, 0.2) is 66.7 Å². The summed E-state index contributed by atoms with van der Waals surface area (Å²) >= 11 is 0. The van der Waals surface area contributed by atoms with Crippen molar-refractivity contribution in [3.05, 3.63) is 82.4 Å². The summed E-state index contributed by atoms with van der Waals surface area (Å²) in [6.45, 7) is -1.07. The van der Waals surface area contributed by atoms with Gasteiger partial charge in [-0.1, -0.05) is 42.5 Å². The summed E-state index contributed by atoms with van der Waals surface area (Å²) < 4.78 is 4.80. The van der Waals surface area contributed by atoms with Crippen molar-refractivity contribution < 1.29 is 24.0 Å². The van der Waals surface area contributed by atoms with E-state index in [1.165, 1.54) is 24.3 Å². The number of nitro benzene ring substituents is 1. The lowest BCUT2D eigenvalue weighted by Gasteiger charge is -2.08. The predicted molar refractivity (Wildman–Crippen MR) is 109 cm³/mol. The molecule has 3 aromatic rings. The van der Waals surface area contributed by atoms with E-state index in [2.05, 4.69) is 10.6 Å². The molecule has 0 aliphatic heterocycles. The number of carbonyl (C=O) groups excluding carboxylic acids is 3. The van der Waals surface area contributed by atoms with E-state index >= 15 is 0 Å². The lowest BCUT2D eigenvalue weighted by molar-refractivity contribution is -0.383. The molecule has 0 atom stereocenters. The maximum Gasteiger partial charge on any atom is 0.325 e. The molecule has 0 bridgehead atoms. The fraction of sp³-hybridized carbons (Fsp3) is 0.0952. The molecule has 0 saturated heterocycles. The number of carbonyl (C=O) groups is 3. The van der Waals surface area contributed by atoms with Crippen molar-refractivity contribution >= 4 is 39.9 Å². The van der Waals surface area contributed by atoms with Gasteiger partial charge in [-0.2, -0.15) is 0 Å². The number of hydrogen-bond acceptors (Lipinski definition) is 6. The monoisotopic (exact) mass is 407 g/mol. The number of ether oxygens (including phenoxy) is 1. The standard InChI is InChI=1S/C21H17N3O6/c25-19(23-17-7-3-4-8-18(17)24(28)29)13-30-20(26)12-22-21(27)16-10-9-14-5-1-2-6-15(14)11-16/h1-11H,12-13H2,(H,22,27)(H,23,25). The van der Waals surface area contributed by atoms with Crippen molar-refractivity contribution in [1.29, 1.82) is 0 Å². The van der Waals surface area contributed by atoms with Crippen LogP contribution in [-0.4, -0.2) is 35.9 Å². The van der Waals surface area contributed by atoms with Gasteiger partial charge in [-0.25, -0.2) is 0 Å². The van der Waals surface area contributed by atoms with Gasteiger partial charge in [0.25, 0.3) is 17.5 Å². The summed E-state index contributed by atoms with van der Waals surface area (Å²) in [5.41, 5.74) is 0.101. The number of amides is 2. The van der Waals surface area contributed by atoms with E-state index in [-0.39, 0.29) is 11.4 Å². The van der Waals surface area contributed by atoms with Gasteiger partial charge in [0, 0.05) is 11.6 Å². The van der Waals surface area contributed by atoms with E-state index in [4.69, 9.17) is 4.74 Å². The molecule has 152 valence electrons. The van der Waals surface area contributed by atoms with Crippen LogP contribution < -0.4 is 10.6 Å². The molecule has 3 rings (SSSR count). The number of esters is 1. The molecule has 0 spiro atoms. The van der Waals surface area contributed by atoms with Crippen LogP contribution in [-0.2, 0) is 14.3 Å². The van der Waals surface area contributed by atoms with Crippen LogP contribution in [0.25, 0.3) is 10.8 Å². The maximum absolute atomic E-state index is 12.2. The summed E-state index contributed by atoms with van der Waals surface area (Å²) in [6, 6.07) is 18.3. The molecule has 3 aromatic carbocycles. The van der Waals surface area contributed by atoms with Gasteiger partial charge in [-0.15, -0.1) is 0 Å². The third-order valence-electron chi connectivity index (χ3n) is 4.14. The Kier molecular flexibility index (Phi) is 6.33. The fourth-order valence-electron chi connectivity index (χ4n) is 2.71. The minimum Gasteiger partial charge on any atom is -0.454 e. The van der Waals surface area contributed by atoms with Gasteiger partial charge in [-0.05, 0) is 29.0 Å². The Morgan fingerprint density at radius 2 is 1.63 bits per heavy atom. The molecule has 0 aromatic heterocycles. The van der Waals surface area contributed by atoms with E-state index < -0.39 is 35.9 Å². The molecule has 2 N–H and O–H groups in total. The largest absolute Gasteiger partial charge is 0.454 e. The van der Waals surface area contributed by atoms with E-state index in [1.807, 2.05) is 24.3 Å². The van der Waals surface area contributed by atoms with Gasteiger partial charge in [0.15, 0.2) is 6.61 Å². The van der Waals surface area contributed by atoms with Crippen molar-refractivity contribution in [2.24, 2.45) is 0 Å². The van der Waals surface area contributed by atoms with Crippen LogP contribution in [0.2, 0.25) is 0 Å². The quantitative estimate of drug-likeness (QED) is 0.352. The van der Waals surface area contributed by atoms with Crippen LogP contribution in [0.5, 0.6) is 0 Å². The minimum atomic E-state index is -0.818. The first-order chi connectivity index (χ1) is 14.4. The molecular weight excluding hydrogens is 390 g/mol. The topological polar surface area (TPSA) is 128 Å². The van der Waals surface area contributed by atoms with Gasteiger partial charge in [0.2, 0.25) is 0 Å². The molecule has 2 amide bonds. The highest BCUT2D eigenvalue weighted by molar-refractivity contribution is 6.00. The molecule has 0 aliphatic carbocycles. The van der Waals surface area contributed by atoms with Crippen LogP contribution >= 0.6 is 0 Å². The second-order valence-electron chi connectivity index (χ2n) is 6.23. The number of nitro groups is 1. The molecule has 0 radical (unpaired) electrons. The molecule has 0 fully saturated rings. The van der Waals surface area contributed by atoms with E-state index in [1.54, 1.807) is 18.2 Å². The van der Waals surface area contributed by atoms with Gasteiger partial charge >= 0.3 is 5.97 Å². The highest BCUT2D eigenvalue weighted by Gasteiger charge is 2.16. The molecule has 9 nitrogen and oxygen atoms in total.